The maximum atomic E-state index is 13.1. The van der Waals surface area contributed by atoms with Crippen LogP contribution in [0.2, 0.25) is 0 Å². The maximum absolute atomic E-state index is 13.1. The van der Waals surface area contributed by atoms with Crippen LogP contribution in [0.5, 0.6) is 0 Å². The molecule has 0 spiro atoms. The number of carbonyl (C=O) groups excluding carboxylic acids is 2. The number of aromatic nitrogens is 4. The first-order valence-corrected chi connectivity index (χ1v) is 16.0. The highest BCUT2D eigenvalue weighted by molar-refractivity contribution is 5.95. The van der Waals surface area contributed by atoms with Gasteiger partial charge < -0.3 is 25.5 Å². The number of hydrogen-bond acceptors (Lipinski definition) is 9. The molecule has 2 saturated heterocycles. The van der Waals surface area contributed by atoms with E-state index in [1.807, 2.05) is 53.4 Å². The summed E-state index contributed by atoms with van der Waals surface area (Å²) in [5.74, 6) is 1.54. The first-order chi connectivity index (χ1) is 22.2. The fourth-order valence-electron chi connectivity index (χ4n) is 6.03. The second kappa shape index (κ2) is 13.4. The number of piperidine rings is 1. The Bertz CT molecular complexity index is 1660. The lowest BCUT2D eigenvalue weighted by molar-refractivity contribution is 0.0615. The third-order valence-corrected chi connectivity index (χ3v) is 8.77. The molecule has 1 atom stereocenters. The van der Waals surface area contributed by atoms with Crippen LogP contribution in [0, 0.1) is 0 Å². The molecule has 242 valence electrons. The minimum Gasteiger partial charge on any atom is -0.395 e. The molecule has 0 radical (unpaired) electrons. The van der Waals surface area contributed by atoms with Crippen molar-refractivity contribution in [1.29, 1.82) is 0 Å². The summed E-state index contributed by atoms with van der Waals surface area (Å²) in [4.78, 5) is 46.3. The molecule has 2 aromatic heterocycles. The van der Waals surface area contributed by atoms with Crippen LogP contribution in [0.3, 0.4) is 0 Å². The van der Waals surface area contributed by atoms with Crippen LogP contribution in [0.1, 0.15) is 59.9 Å². The van der Waals surface area contributed by atoms with Gasteiger partial charge in [0.2, 0.25) is 17.7 Å². The summed E-state index contributed by atoms with van der Waals surface area (Å²) in [7, 11) is 0. The van der Waals surface area contributed by atoms with Gasteiger partial charge in [-0.25, -0.2) is 4.98 Å². The predicted octanol–water partition coefficient (Wildman–Crippen LogP) is 3.31. The van der Waals surface area contributed by atoms with Crippen LogP contribution in [0.4, 0.5) is 17.6 Å². The molecule has 0 bridgehead atoms. The highest BCUT2D eigenvalue weighted by atomic mass is 16.3. The number of rotatable bonds is 8. The molecule has 2 aromatic carbocycles. The number of fused-ring (bicyclic) bond motifs is 1. The largest absolute Gasteiger partial charge is 0.395 e. The summed E-state index contributed by atoms with van der Waals surface area (Å²) in [6, 6.07) is 15.2. The summed E-state index contributed by atoms with van der Waals surface area (Å²) in [5, 5.41) is 15.8. The molecule has 2 aliphatic heterocycles. The fraction of sp³-hybridized carbons (Fsp3) is 0.441. The Kier molecular flexibility index (Phi) is 9.18. The first kappa shape index (κ1) is 31.4. The molecule has 2 fully saturated rings. The molecule has 0 aliphatic carbocycles. The number of piperazine rings is 1. The van der Waals surface area contributed by atoms with E-state index < -0.39 is 0 Å². The molecule has 12 nitrogen and oxygen atoms in total. The lowest BCUT2D eigenvalue weighted by Gasteiger charge is -2.34. The standard InChI is InChI=1S/C34H43N9O3/c1-34(2,3)26-10-6-24(7-11-26)29(45)36-28-5-4-15-42(23-28)32-38-31-35-14-16-43(31)33(39-32)37-27-12-8-25(9-13-27)30(46)41-19-17-40(18-20-41)21-22-44/h6-14,16,28,44H,4-5,15,17-23H2,1-3H3,(H,36,45)(H,35,37,38,39). The third-order valence-electron chi connectivity index (χ3n) is 8.77. The number of aliphatic hydroxyl groups is 1. The van der Waals surface area contributed by atoms with Crippen molar-refractivity contribution >= 4 is 35.2 Å². The molecule has 4 aromatic rings. The summed E-state index contributed by atoms with van der Waals surface area (Å²) >= 11 is 0. The van der Waals surface area contributed by atoms with E-state index in [-0.39, 0.29) is 29.9 Å². The normalized spacial score (nSPS) is 17.7. The van der Waals surface area contributed by atoms with Crippen molar-refractivity contribution in [3.63, 3.8) is 0 Å². The lowest BCUT2D eigenvalue weighted by Crippen LogP contribution is -2.49. The van der Waals surface area contributed by atoms with E-state index in [0.717, 1.165) is 38.2 Å². The number of aliphatic hydroxyl groups excluding tert-OH is 1. The van der Waals surface area contributed by atoms with Crippen molar-refractivity contribution in [2.75, 3.05) is 62.6 Å². The van der Waals surface area contributed by atoms with Crippen LogP contribution in [-0.4, -0.2) is 105 Å². The van der Waals surface area contributed by atoms with Crippen molar-refractivity contribution in [3.8, 4) is 0 Å². The number of nitrogens with zero attached hydrogens (tertiary/aromatic N) is 7. The zero-order valence-electron chi connectivity index (χ0n) is 26.8. The van der Waals surface area contributed by atoms with E-state index in [1.165, 1.54) is 5.56 Å². The molecule has 2 aliphatic rings. The van der Waals surface area contributed by atoms with Gasteiger partial charge in [0.15, 0.2) is 0 Å². The number of carbonyl (C=O) groups is 2. The molecule has 2 amide bonds. The second-order valence-corrected chi connectivity index (χ2v) is 13.1. The van der Waals surface area contributed by atoms with Gasteiger partial charge in [0.25, 0.3) is 11.8 Å². The third kappa shape index (κ3) is 7.13. The summed E-state index contributed by atoms with van der Waals surface area (Å²) < 4.78 is 1.79. The highest BCUT2D eigenvalue weighted by Gasteiger charge is 2.26. The van der Waals surface area contributed by atoms with Crippen molar-refractivity contribution < 1.29 is 14.7 Å². The first-order valence-electron chi connectivity index (χ1n) is 16.0. The van der Waals surface area contributed by atoms with Crippen LogP contribution >= 0.6 is 0 Å². The summed E-state index contributed by atoms with van der Waals surface area (Å²) in [6.07, 6.45) is 5.26. The maximum Gasteiger partial charge on any atom is 0.253 e. The Balaban J connectivity index is 1.12. The average Bonchev–Trinajstić information content (AvgIpc) is 3.54. The Morgan fingerprint density at radius 2 is 1.65 bits per heavy atom. The number of β-amino-alcohol motifs (C(OH)–C–C–N with tert-alkyl or cyclic N) is 1. The minimum atomic E-state index is -0.0785. The summed E-state index contributed by atoms with van der Waals surface area (Å²) in [5.41, 5.74) is 3.29. The quantitative estimate of drug-likeness (QED) is 0.270. The lowest BCUT2D eigenvalue weighted by atomic mass is 9.86. The van der Waals surface area contributed by atoms with Gasteiger partial charge in [0.05, 0.1) is 6.61 Å². The fourth-order valence-corrected chi connectivity index (χ4v) is 6.03. The Labute approximate surface area is 269 Å². The van der Waals surface area contributed by atoms with Crippen LogP contribution in [0.25, 0.3) is 5.78 Å². The molecule has 12 heteroatoms. The number of benzene rings is 2. The van der Waals surface area contributed by atoms with Gasteiger partial charge in [-0.1, -0.05) is 32.9 Å². The van der Waals surface area contributed by atoms with E-state index >= 15 is 0 Å². The molecule has 46 heavy (non-hydrogen) atoms. The zero-order valence-corrected chi connectivity index (χ0v) is 26.8. The van der Waals surface area contributed by atoms with Crippen molar-refractivity contribution in [2.45, 2.75) is 45.1 Å². The number of amides is 2. The monoisotopic (exact) mass is 625 g/mol. The summed E-state index contributed by atoms with van der Waals surface area (Å²) in [6.45, 7) is 11.4. The zero-order chi connectivity index (χ0) is 32.3. The Morgan fingerprint density at radius 3 is 2.35 bits per heavy atom. The average molecular weight is 626 g/mol. The number of nitrogens with one attached hydrogen (secondary N) is 2. The van der Waals surface area contributed by atoms with E-state index in [9.17, 15) is 14.7 Å². The number of hydrogen-bond donors (Lipinski definition) is 3. The smallest absolute Gasteiger partial charge is 0.253 e. The van der Waals surface area contributed by atoms with Gasteiger partial charge in [-0.2, -0.15) is 9.97 Å². The van der Waals surface area contributed by atoms with Gasteiger partial charge in [-0.05, 0) is 60.2 Å². The SMILES string of the molecule is CC(C)(C)c1ccc(C(=O)NC2CCCN(c3nc(Nc4ccc(C(=O)N5CCN(CCO)CC5)cc4)n4ccnc4n3)C2)cc1. The van der Waals surface area contributed by atoms with E-state index in [0.29, 0.717) is 55.0 Å². The molecule has 0 saturated carbocycles. The van der Waals surface area contributed by atoms with E-state index in [1.54, 1.807) is 16.8 Å². The van der Waals surface area contributed by atoms with Crippen LogP contribution in [0.15, 0.2) is 60.9 Å². The van der Waals surface area contributed by atoms with Gasteiger partial charge >= 0.3 is 0 Å². The molecule has 4 heterocycles. The van der Waals surface area contributed by atoms with E-state index in [2.05, 4.69) is 46.2 Å². The van der Waals surface area contributed by atoms with Crippen LogP contribution < -0.4 is 15.5 Å². The molecule has 6 rings (SSSR count). The van der Waals surface area contributed by atoms with Gasteiger partial charge in [-0.3, -0.25) is 18.9 Å². The highest BCUT2D eigenvalue weighted by Crippen LogP contribution is 2.24. The molecule has 3 N–H and O–H groups in total. The van der Waals surface area contributed by atoms with Gasteiger partial charge in [0, 0.05) is 81.1 Å². The van der Waals surface area contributed by atoms with Crippen molar-refractivity contribution in [1.82, 2.24) is 34.5 Å². The topological polar surface area (TPSA) is 131 Å². The minimum absolute atomic E-state index is 0.00480. The predicted molar refractivity (Wildman–Crippen MR) is 178 cm³/mol. The van der Waals surface area contributed by atoms with Gasteiger partial charge in [0.1, 0.15) is 0 Å². The van der Waals surface area contributed by atoms with Crippen LogP contribution in [-0.2, 0) is 5.41 Å². The van der Waals surface area contributed by atoms with Gasteiger partial charge in [-0.15, -0.1) is 0 Å². The van der Waals surface area contributed by atoms with E-state index in [4.69, 9.17) is 9.97 Å². The second-order valence-electron chi connectivity index (χ2n) is 13.1. The van der Waals surface area contributed by atoms with Crippen molar-refractivity contribution in [3.05, 3.63) is 77.6 Å². The molecule has 1 unspecified atom stereocenters. The van der Waals surface area contributed by atoms with Crippen molar-refractivity contribution in [2.24, 2.45) is 0 Å². The Hall–Kier alpha value is -4.55. The Morgan fingerprint density at radius 1 is 0.935 bits per heavy atom. The molecular weight excluding hydrogens is 582 g/mol. The number of anilines is 3. The molecular formula is C34H43N9O3. The number of imidazole rings is 1.